The Hall–Kier alpha value is 0.371. The summed E-state index contributed by atoms with van der Waals surface area (Å²) in [4.78, 5) is 4.98. The summed E-state index contributed by atoms with van der Waals surface area (Å²) in [7, 11) is -0.859. The molecule has 0 bridgehead atoms. The van der Waals surface area contributed by atoms with Gasteiger partial charge in [-0.2, -0.15) is 0 Å². The van der Waals surface area contributed by atoms with Gasteiger partial charge in [0.1, 0.15) is 0 Å². The van der Waals surface area contributed by atoms with Crippen LogP contribution in [0.2, 0.25) is 11.2 Å². The average Bonchev–Trinajstić information content (AvgIpc) is 2.88. The first-order valence-corrected chi connectivity index (χ1v) is 19.7. The Morgan fingerprint density at radius 2 is 1.22 bits per heavy atom. The summed E-state index contributed by atoms with van der Waals surface area (Å²) in [5, 5.41) is 0.372. The second kappa shape index (κ2) is 25.3. The molecule has 0 aromatic carbocycles. The van der Waals surface area contributed by atoms with Crippen molar-refractivity contribution in [1.29, 1.82) is 0 Å². The Labute approximate surface area is 236 Å². The topological polar surface area (TPSA) is 52.6 Å². The Morgan fingerprint density at radius 3 is 1.73 bits per heavy atom. The first-order chi connectivity index (χ1) is 18.0. The predicted octanol–water partition coefficient (Wildman–Crippen LogP) is 5.59. The van der Waals surface area contributed by atoms with Crippen LogP contribution in [0.3, 0.4) is 0 Å². The predicted molar refractivity (Wildman–Crippen MR) is 162 cm³/mol. The Balaban J connectivity index is 4.88. The summed E-state index contributed by atoms with van der Waals surface area (Å²) in [6.45, 7) is 22.8. The summed E-state index contributed by atoms with van der Waals surface area (Å²) < 4.78 is 30.7. The van der Waals surface area contributed by atoms with Crippen molar-refractivity contribution in [3.8, 4) is 0 Å². The monoisotopic (exact) mass is 577 g/mol. The molecule has 0 aromatic heterocycles. The van der Waals surface area contributed by atoms with E-state index >= 15 is 0 Å². The van der Waals surface area contributed by atoms with Crippen molar-refractivity contribution in [2.24, 2.45) is 0 Å². The summed E-state index contributed by atoms with van der Waals surface area (Å²) in [5.74, 6) is 0. The number of hydrogen-bond donors (Lipinski definition) is 0. The van der Waals surface area contributed by atoms with Gasteiger partial charge < -0.3 is 31.9 Å². The molecule has 0 fully saturated rings. The third-order valence-electron chi connectivity index (χ3n) is 6.46. The highest BCUT2D eigenvalue weighted by molar-refractivity contribution is 6.73. The third-order valence-corrected chi connectivity index (χ3v) is 14.8. The maximum Gasteiger partial charge on any atom is 0.500 e. The fourth-order valence-electron chi connectivity index (χ4n) is 4.53. The van der Waals surface area contributed by atoms with E-state index in [2.05, 4.69) is 65.3 Å². The van der Waals surface area contributed by atoms with Gasteiger partial charge in [-0.25, -0.2) is 0 Å². The van der Waals surface area contributed by atoms with E-state index in [1.807, 2.05) is 0 Å². The minimum absolute atomic E-state index is 0.372. The van der Waals surface area contributed by atoms with Crippen LogP contribution in [0.15, 0.2) is 0 Å². The molecule has 7 nitrogen and oxygen atoms in total. The van der Waals surface area contributed by atoms with E-state index in [0.29, 0.717) is 25.0 Å². The van der Waals surface area contributed by atoms with Crippen molar-refractivity contribution in [3.63, 3.8) is 0 Å². The summed E-state index contributed by atoms with van der Waals surface area (Å²) >= 11 is 0. The van der Waals surface area contributed by atoms with Gasteiger partial charge in [0.15, 0.2) is 0 Å². The molecule has 0 aromatic rings. The van der Waals surface area contributed by atoms with E-state index in [9.17, 15) is 0 Å². The summed E-state index contributed by atoms with van der Waals surface area (Å²) in [5.41, 5.74) is 0. The van der Waals surface area contributed by atoms with Gasteiger partial charge in [-0.15, -0.1) is 0 Å². The lowest BCUT2D eigenvalue weighted by atomic mass is 10.1. The molecule has 3 radical (unpaired) electrons. The van der Waals surface area contributed by atoms with Crippen LogP contribution in [0.1, 0.15) is 93.4 Å². The SMILES string of the molecule is CCO[Si](CCCN(C)C[Si]C(CCCCCCCN(CC)CC)[Si](OCC)(OCC)OCC)OCC. The maximum absolute atomic E-state index is 6.37. The largest absolute Gasteiger partial charge is 0.500 e. The van der Waals surface area contributed by atoms with E-state index < -0.39 is 18.1 Å². The molecule has 10 heteroatoms. The zero-order valence-electron chi connectivity index (χ0n) is 25.7. The van der Waals surface area contributed by atoms with E-state index in [0.717, 1.165) is 67.4 Å². The zero-order chi connectivity index (χ0) is 27.8. The summed E-state index contributed by atoms with van der Waals surface area (Å²) in [6, 6.07) is 1.03. The van der Waals surface area contributed by atoms with Crippen LogP contribution in [0.5, 0.6) is 0 Å². The van der Waals surface area contributed by atoms with Crippen molar-refractivity contribution >= 4 is 27.6 Å². The molecule has 0 aliphatic rings. The number of unbranched alkanes of at least 4 members (excludes halogenated alkanes) is 4. The second-order valence-electron chi connectivity index (χ2n) is 9.32. The van der Waals surface area contributed by atoms with Gasteiger partial charge in [0.2, 0.25) is 0 Å². The van der Waals surface area contributed by atoms with Crippen LogP contribution >= 0.6 is 0 Å². The molecular formula is C27H61N2O5Si3. The first-order valence-electron chi connectivity index (χ1n) is 15.1. The van der Waals surface area contributed by atoms with Crippen molar-refractivity contribution in [1.82, 2.24) is 9.80 Å². The molecule has 37 heavy (non-hydrogen) atoms. The number of hydrogen-bond acceptors (Lipinski definition) is 7. The third kappa shape index (κ3) is 17.6. The Kier molecular flexibility index (Phi) is 25.6. The van der Waals surface area contributed by atoms with Crippen molar-refractivity contribution in [2.45, 2.75) is 105 Å². The van der Waals surface area contributed by atoms with Crippen molar-refractivity contribution in [2.75, 3.05) is 72.4 Å². The van der Waals surface area contributed by atoms with Gasteiger partial charge in [-0.1, -0.05) is 39.5 Å². The number of nitrogens with zero attached hydrogens (tertiary/aromatic N) is 2. The molecule has 0 amide bonds. The lowest BCUT2D eigenvalue weighted by Gasteiger charge is -2.36. The van der Waals surface area contributed by atoms with Gasteiger partial charge in [0.25, 0.3) is 0 Å². The maximum atomic E-state index is 6.37. The molecule has 0 aliphatic carbocycles. The summed E-state index contributed by atoms with van der Waals surface area (Å²) in [6.07, 6.45) is 9.75. The van der Waals surface area contributed by atoms with Gasteiger partial charge in [-0.3, -0.25) is 0 Å². The lowest BCUT2D eigenvalue weighted by molar-refractivity contribution is 0.0666. The highest BCUT2D eigenvalue weighted by atomic mass is 28.4. The standard InChI is InChI=1S/C27H61N2O5Si3/c1-9-29(10-2)24-20-18-16-17-19-22-27(37(32-13-5,33-14-6)34-15-7)35-26-28(8)23-21-25-36(30-11-3)31-12-4/h27H,9-26H2,1-8H3. The molecule has 221 valence electrons. The minimum Gasteiger partial charge on any atom is -0.394 e. The smallest absolute Gasteiger partial charge is 0.394 e. The molecule has 0 heterocycles. The van der Waals surface area contributed by atoms with Crippen molar-refractivity contribution < 1.29 is 22.1 Å². The quantitative estimate of drug-likeness (QED) is 0.0887. The van der Waals surface area contributed by atoms with E-state index in [4.69, 9.17) is 22.1 Å². The van der Waals surface area contributed by atoms with Crippen LogP contribution in [-0.4, -0.2) is 110 Å². The minimum atomic E-state index is -2.72. The van der Waals surface area contributed by atoms with Crippen LogP contribution < -0.4 is 0 Å². The van der Waals surface area contributed by atoms with E-state index in [1.165, 1.54) is 38.6 Å². The lowest BCUT2D eigenvalue weighted by Crippen LogP contribution is -2.53. The van der Waals surface area contributed by atoms with Crippen molar-refractivity contribution in [3.05, 3.63) is 0 Å². The second-order valence-corrected chi connectivity index (χ2v) is 15.9. The van der Waals surface area contributed by atoms with Crippen LogP contribution in [0, 0.1) is 0 Å². The van der Waals surface area contributed by atoms with E-state index in [-0.39, 0.29) is 0 Å². The van der Waals surface area contributed by atoms with Gasteiger partial charge in [-0.05, 0) is 99.3 Å². The number of rotatable bonds is 28. The molecule has 1 unspecified atom stereocenters. The van der Waals surface area contributed by atoms with Gasteiger partial charge in [0, 0.05) is 38.2 Å². The zero-order valence-corrected chi connectivity index (χ0v) is 28.7. The highest BCUT2D eigenvalue weighted by Crippen LogP contribution is 2.31. The average molecular weight is 578 g/mol. The van der Waals surface area contributed by atoms with Gasteiger partial charge >= 0.3 is 18.1 Å². The fourth-order valence-corrected chi connectivity index (χ4v) is 11.7. The molecule has 1 atom stereocenters. The fraction of sp³-hybridized carbons (Fsp3) is 1.00. The van der Waals surface area contributed by atoms with Crippen LogP contribution in [0.4, 0.5) is 0 Å². The van der Waals surface area contributed by atoms with Gasteiger partial charge in [0.05, 0.1) is 9.52 Å². The Bertz CT molecular complexity index is 470. The van der Waals surface area contributed by atoms with Crippen LogP contribution in [-0.2, 0) is 22.1 Å². The Morgan fingerprint density at radius 1 is 0.676 bits per heavy atom. The molecule has 0 spiro atoms. The molecule has 0 aliphatic heterocycles. The van der Waals surface area contributed by atoms with Crippen LogP contribution in [0.25, 0.3) is 0 Å². The molecule has 0 N–H and O–H groups in total. The first kappa shape index (κ1) is 37.4. The molecule has 0 saturated heterocycles. The highest BCUT2D eigenvalue weighted by Gasteiger charge is 2.48. The molecule has 0 saturated carbocycles. The molecule has 0 rings (SSSR count). The normalized spacial score (nSPS) is 13.4. The molecular weight excluding hydrogens is 517 g/mol. The van der Waals surface area contributed by atoms with E-state index in [1.54, 1.807) is 0 Å².